The zero-order valence-electron chi connectivity index (χ0n) is 13.6. The van der Waals surface area contributed by atoms with E-state index in [1.165, 1.54) is 20.0 Å². The predicted octanol–water partition coefficient (Wildman–Crippen LogP) is 3.98. The highest BCUT2D eigenvalue weighted by Crippen LogP contribution is 2.37. The first kappa shape index (κ1) is 15.7. The first-order valence-electron chi connectivity index (χ1n) is 7.61. The van der Waals surface area contributed by atoms with Crippen molar-refractivity contribution in [3.63, 3.8) is 0 Å². The number of hydrogen-bond donors (Lipinski definition) is 1. The Labute approximate surface area is 127 Å². The Balaban J connectivity index is 2.28. The number of esters is 1. The van der Waals surface area contributed by atoms with Crippen molar-refractivity contribution < 1.29 is 9.53 Å². The van der Waals surface area contributed by atoms with Crippen LogP contribution in [0.25, 0.3) is 0 Å². The summed E-state index contributed by atoms with van der Waals surface area (Å²) in [6.45, 7) is 8.92. The van der Waals surface area contributed by atoms with Gasteiger partial charge in [-0.05, 0) is 36.3 Å². The molecule has 0 saturated heterocycles. The summed E-state index contributed by atoms with van der Waals surface area (Å²) in [7, 11) is 1.39. The van der Waals surface area contributed by atoms with Gasteiger partial charge in [0.2, 0.25) is 0 Å². The third-order valence-electron chi connectivity index (χ3n) is 4.34. The first-order valence-corrected chi connectivity index (χ1v) is 7.61. The Bertz CT molecular complexity index is 564. The lowest BCUT2D eigenvalue weighted by atomic mass is 9.73. The minimum atomic E-state index is -0.335. The van der Waals surface area contributed by atoms with Crippen LogP contribution in [0, 0.1) is 29.1 Å². The number of H-pyrrole nitrogens is 1. The van der Waals surface area contributed by atoms with Crippen LogP contribution in [-0.4, -0.2) is 18.1 Å². The van der Waals surface area contributed by atoms with Gasteiger partial charge in [0.25, 0.3) is 0 Å². The zero-order valence-corrected chi connectivity index (χ0v) is 13.6. The van der Waals surface area contributed by atoms with Crippen LogP contribution in [0.2, 0.25) is 0 Å². The molecule has 21 heavy (non-hydrogen) atoms. The summed E-state index contributed by atoms with van der Waals surface area (Å²) >= 11 is 0. The summed E-state index contributed by atoms with van der Waals surface area (Å²) in [6.07, 6.45) is 2.45. The fraction of sp³-hybridized carbons (Fsp3) is 0.611. The van der Waals surface area contributed by atoms with E-state index >= 15 is 0 Å². The number of nitrogens with one attached hydrogen (secondary N) is 1. The molecule has 1 fully saturated rings. The molecule has 0 aromatic carbocycles. The summed E-state index contributed by atoms with van der Waals surface area (Å²) in [5.41, 5.74) is 1.65. The van der Waals surface area contributed by atoms with E-state index in [1.807, 2.05) is 6.07 Å². The highest BCUT2D eigenvalue weighted by Gasteiger charge is 2.30. The molecule has 1 aromatic rings. The van der Waals surface area contributed by atoms with E-state index in [1.54, 1.807) is 6.07 Å². The van der Waals surface area contributed by atoms with Gasteiger partial charge in [-0.3, -0.25) is 0 Å². The molecule has 1 aliphatic carbocycles. The molecule has 0 spiro atoms. The lowest BCUT2D eigenvalue weighted by Gasteiger charge is -2.31. The SMILES string of the molecule is COC(=O)c1ccc([C@@H](C#CC2CC2)[C@H](C)C(C)(C)C)[nH]1. The maximum Gasteiger partial charge on any atom is 0.354 e. The van der Waals surface area contributed by atoms with Gasteiger partial charge in [-0.15, -0.1) is 0 Å². The molecule has 0 aliphatic heterocycles. The first-order chi connectivity index (χ1) is 9.82. The summed E-state index contributed by atoms with van der Waals surface area (Å²) in [5, 5.41) is 0. The minimum absolute atomic E-state index is 0.115. The number of methoxy groups -OCH3 is 1. The number of hydrogen-bond acceptors (Lipinski definition) is 2. The van der Waals surface area contributed by atoms with Crippen molar-refractivity contribution in [3.8, 4) is 11.8 Å². The van der Waals surface area contributed by atoms with Gasteiger partial charge < -0.3 is 9.72 Å². The molecular formula is C18H25NO2. The molecule has 0 unspecified atom stereocenters. The lowest BCUT2D eigenvalue weighted by molar-refractivity contribution is 0.0594. The number of aromatic amines is 1. The number of rotatable bonds is 3. The van der Waals surface area contributed by atoms with E-state index in [-0.39, 0.29) is 17.3 Å². The fourth-order valence-corrected chi connectivity index (χ4v) is 2.23. The molecule has 1 saturated carbocycles. The Morgan fingerprint density at radius 3 is 2.57 bits per heavy atom. The van der Waals surface area contributed by atoms with Gasteiger partial charge >= 0.3 is 5.97 Å². The van der Waals surface area contributed by atoms with Crippen LogP contribution in [0.5, 0.6) is 0 Å². The summed E-state index contributed by atoms with van der Waals surface area (Å²) < 4.78 is 4.76. The minimum Gasteiger partial charge on any atom is -0.464 e. The van der Waals surface area contributed by atoms with Crippen molar-refractivity contribution in [1.82, 2.24) is 4.98 Å². The number of carbonyl (C=O) groups is 1. The second-order valence-corrected chi connectivity index (χ2v) is 7.01. The molecule has 1 heterocycles. The summed E-state index contributed by atoms with van der Waals surface area (Å²) in [5.74, 6) is 7.56. The van der Waals surface area contributed by atoms with Gasteiger partial charge in [0.1, 0.15) is 5.69 Å². The van der Waals surface area contributed by atoms with Crippen LogP contribution >= 0.6 is 0 Å². The molecule has 0 bridgehead atoms. The van der Waals surface area contributed by atoms with Crippen LogP contribution in [-0.2, 0) is 4.74 Å². The van der Waals surface area contributed by atoms with E-state index < -0.39 is 0 Å². The van der Waals surface area contributed by atoms with Gasteiger partial charge in [0.05, 0.1) is 13.0 Å². The molecule has 1 aliphatic rings. The van der Waals surface area contributed by atoms with Crippen molar-refractivity contribution in [2.75, 3.05) is 7.11 Å². The number of ether oxygens (including phenoxy) is 1. The quantitative estimate of drug-likeness (QED) is 0.675. The van der Waals surface area contributed by atoms with Crippen molar-refractivity contribution in [3.05, 3.63) is 23.5 Å². The molecule has 2 atom stereocenters. The van der Waals surface area contributed by atoms with Crippen LogP contribution in [0.3, 0.4) is 0 Å². The van der Waals surface area contributed by atoms with E-state index in [2.05, 4.69) is 44.5 Å². The smallest absolute Gasteiger partial charge is 0.354 e. The van der Waals surface area contributed by atoms with Crippen molar-refractivity contribution in [1.29, 1.82) is 0 Å². The Hall–Kier alpha value is -1.69. The van der Waals surface area contributed by atoms with Gasteiger partial charge in [-0.2, -0.15) is 0 Å². The van der Waals surface area contributed by atoms with Crippen LogP contribution in [0.4, 0.5) is 0 Å². The predicted molar refractivity (Wildman–Crippen MR) is 84.0 cm³/mol. The fourth-order valence-electron chi connectivity index (χ4n) is 2.23. The molecule has 1 N–H and O–H groups in total. The normalized spacial score (nSPS) is 17.6. The molecule has 0 radical (unpaired) electrons. The van der Waals surface area contributed by atoms with Gasteiger partial charge in [0.15, 0.2) is 0 Å². The van der Waals surface area contributed by atoms with Crippen molar-refractivity contribution in [2.24, 2.45) is 17.3 Å². The molecule has 1 aromatic heterocycles. The Morgan fingerprint density at radius 2 is 2.05 bits per heavy atom. The topological polar surface area (TPSA) is 42.1 Å². The maximum absolute atomic E-state index is 11.6. The average Bonchev–Trinajstić information content (AvgIpc) is 3.12. The molecule has 2 rings (SSSR count). The second-order valence-electron chi connectivity index (χ2n) is 7.01. The highest BCUT2D eigenvalue weighted by atomic mass is 16.5. The van der Waals surface area contributed by atoms with E-state index in [0.29, 0.717) is 17.5 Å². The van der Waals surface area contributed by atoms with Crippen LogP contribution in [0.1, 0.15) is 62.6 Å². The second kappa shape index (κ2) is 5.97. The van der Waals surface area contributed by atoms with Gasteiger partial charge in [-0.1, -0.05) is 39.5 Å². The van der Waals surface area contributed by atoms with Crippen LogP contribution in [0.15, 0.2) is 12.1 Å². The number of carbonyl (C=O) groups excluding carboxylic acids is 1. The van der Waals surface area contributed by atoms with Gasteiger partial charge in [-0.25, -0.2) is 4.79 Å². The third kappa shape index (κ3) is 3.91. The monoisotopic (exact) mass is 287 g/mol. The van der Waals surface area contributed by atoms with E-state index in [9.17, 15) is 4.79 Å². The van der Waals surface area contributed by atoms with Crippen molar-refractivity contribution in [2.45, 2.75) is 46.5 Å². The van der Waals surface area contributed by atoms with E-state index in [0.717, 1.165) is 5.69 Å². The molecular weight excluding hydrogens is 262 g/mol. The third-order valence-corrected chi connectivity index (χ3v) is 4.34. The van der Waals surface area contributed by atoms with Crippen LogP contribution < -0.4 is 0 Å². The zero-order chi connectivity index (χ0) is 15.6. The lowest BCUT2D eigenvalue weighted by Crippen LogP contribution is -2.24. The average molecular weight is 287 g/mol. The summed E-state index contributed by atoms with van der Waals surface area (Å²) in [4.78, 5) is 14.8. The molecule has 3 nitrogen and oxygen atoms in total. The largest absolute Gasteiger partial charge is 0.464 e. The molecule has 114 valence electrons. The van der Waals surface area contributed by atoms with Gasteiger partial charge in [0, 0.05) is 11.6 Å². The highest BCUT2D eigenvalue weighted by molar-refractivity contribution is 5.87. The number of aromatic nitrogens is 1. The van der Waals surface area contributed by atoms with E-state index in [4.69, 9.17) is 4.74 Å². The molecule has 3 heteroatoms. The Morgan fingerprint density at radius 1 is 1.38 bits per heavy atom. The van der Waals surface area contributed by atoms with Crippen molar-refractivity contribution >= 4 is 5.97 Å². The maximum atomic E-state index is 11.6. The standard InChI is InChI=1S/C18H25NO2/c1-12(18(2,3)4)14(9-8-13-6-7-13)15-10-11-16(19-15)17(20)21-5/h10-14,19H,6-7H2,1-5H3/t12-,14-/m0/s1. The Kier molecular flexibility index (Phi) is 4.46. The summed E-state index contributed by atoms with van der Waals surface area (Å²) in [6, 6.07) is 3.74. The molecule has 0 amide bonds.